The summed E-state index contributed by atoms with van der Waals surface area (Å²) < 4.78 is 1.03. The molecule has 0 radical (unpaired) electrons. The molecular formula is C16H11N5OS2. The number of carbonyl (C=O) groups excluding carboxylic acids is 1. The molecular weight excluding hydrogens is 342 g/mol. The fraction of sp³-hybridized carbons (Fsp3) is 0.0625. The van der Waals surface area contributed by atoms with E-state index in [0.717, 1.165) is 10.2 Å². The van der Waals surface area contributed by atoms with Gasteiger partial charge in [0.15, 0.2) is 16.0 Å². The van der Waals surface area contributed by atoms with E-state index >= 15 is 0 Å². The van der Waals surface area contributed by atoms with E-state index in [1.807, 2.05) is 24.3 Å². The van der Waals surface area contributed by atoms with Gasteiger partial charge in [-0.25, -0.2) is 19.9 Å². The lowest BCUT2D eigenvalue weighted by molar-refractivity contribution is 0.103. The van der Waals surface area contributed by atoms with Crippen LogP contribution in [0.25, 0.3) is 21.0 Å². The maximum atomic E-state index is 12.5. The van der Waals surface area contributed by atoms with E-state index in [2.05, 4.69) is 25.3 Å². The molecule has 3 heterocycles. The third kappa shape index (κ3) is 2.77. The van der Waals surface area contributed by atoms with E-state index in [-0.39, 0.29) is 5.91 Å². The van der Waals surface area contributed by atoms with Crippen molar-refractivity contribution in [2.45, 2.75) is 6.92 Å². The second-order valence-corrected chi connectivity index (χ2v) is 6.98. The first kappa shape index (κ1) is 14.9. The summed E-state index contributed by atoms with van der Waals surface area (Å²) in [4.78, 5) is 30.2. The molecule has 118 valence electrons. The van der Waals surface area contributed by atoms with Gasteiger partial charge in [-0.2, -0.15) is 0 Å². The van der Waals surface area contributed by atoms with Crippen molar-refractivity contribution in [2.24, 2.45) is 0 Å². The van der Waals surface area contributed by atoms with E-state index in [1.165, 1.54) is 22.7 Å². The van der Waals surface area contributed by atoms with Crippen LogP contribution in [-0.4, -0.2) is 25.8 Å². The Morgan fingerprint density at radius 2 is 1.83 bits per heavy atom. The van der Waals surface area contributed by atoms with Gasteiger partial charge in [0.2, 0.25) is 0 Å². The average Bonchev–Trinajstić information content (AvgIpc) is 3.18. The summed E-state index contributed by atoms with van der Waals surface area (Å²) in [6.45, 7) is 1.80. The molecule has 8 heteroatoms. The van der Waals surface area contributed by atoms with Gasteiger partial charge in [-0.15, -0.1) is 11.3 Å². The average molecular weight is 353 g/mol. The predicted molar refractivity (Wildman–Crippen MR) is 95.5 cm³/mol. The molecule has 4 rings (SSSR count). The Morgan fingerprint density at radius 3 is 2.62 bits per heavy atom. The van der Waals surface area contributed by atoms with Crippen LogP contribution < -0.4 is 5.32 Å². The van der Waals surface area contributed by atoms with Crippen LogP contribution in [0.1, 0.15) is 15.4 Å². The van der Waals surface area contributed by atoms with Crippen molar-refractivity contribution in [3.05, 3.63) is 53.3 Å². The lowest BCUT2D eigenvalue weighted by Gasteiger charge is -1.98. The zero-order valence-corrected chi connectivity index (χ0v) is 14.2. The maximum Gasteiger partial charge on any atom is 0.269 e. The van der Waals surface area contributed by atoms with Gasteiger partial charge >= 0.3 is 0 Å². The summed E-state index contributed by atoms with van der Waals surface area (Å²) in [5.41, 5.74) is 1.53. The summed E-state index contributed by atoms with van der Waals surface area (Å²) >= 11 is 2.72. The summed E-state index contributed by atoms with van der Waals surface area (Å²) in [7, 11) is 0. The Hall–Kier alpha value is -2.71. The van der Waals surface area contributed by atoms with E-state index in [0.29, 0.717) is 26.5 Å². The molecule has 0 spiro atoms. The highest BCUT2D eigenvalue weighted by Crippen LogP contribution is 2.28. The molecule has 0 saturated carbocycles. The van der Waals surface area contributed by atoms with E-state index in [1.54, 1.807) is 25.4 Å². The molecule has 0 bridgehead atoms. The number of aryl methyl sites for hydroxylation is 1. The maximum absolute atomic E-state index is 12.5. The summed E-state index contributed by atoms with van der Waals surface area (Å²) in [6.07, 6.45) is 3.31. The number of anilines is 1. The van der Waals surface area contributed by atoms with Gasteiger partial charge in [0.1, 0.15) is 4.88 Å². The largest absolute Gasteiger partial charge is 0.297 e. The molecule has 4 aromatic rings. The Labute approximate surface area is 145 Å². The Bertz CT molecular complexity index is 992. The molecule has 3 aromatic heterocycles. The molecule has 24 heavy (non-hydrogen) atoms. The second-order valence-electron chi connectivity index (χ2n) is 4.95. The fourth-order valence-corrected chi connectivity index (χ4v) is 3.96. The van der Waals surface area contributed by atoms with Crippen molar-refractivity contribution < 1.29 is 4.79 Å². The molecule has 0 aliphatic carbocycles. The van der Waals surface area contributed by atoms with Gasteiger partial charge in [0.25, 0.3) is 5.91 Å². The number of nitrogens with one attached hydrogen (secondary N) is 1. The van der Waals surface area contributed by atoms with Gasteiger partial charge < -0.3 is 0 Å². The Kier molecular flexibility index (Phi) is 3.75. The highest BCUT2D eigenvalue weighted by Gasteiger charge is 2.18. The van der Waals surface area contributed by atoms with Gasteiger partial charge in [-0.05, 0) is 25.1 Å². The van der Waals surface area contributed by atoms with Gasteiger partial charge in [0, 0.05) is 12.4 Å². The number of amides is 1. The van der Waals surface area contributed by atoms with Crippen molar-refractivity contribution in [1.82, 2.24) is 19.9 Å². The number of hydrogen-bond acceptors (Lipinski definition) is 7. The minimum atomic E-state index is -0.216. The van der Waals surface area contributed by atoms with Crippen LogP contribution in [0.4, 0.5) is 5.13 Å². The summed E-state index contributed by atoms with van der Waals surface area (Å²) in [5, 5.41) is 4.05. The third-order valence-corrected chi connectivity index (χ3v) is 5.38. The van der Waals surface area contributed by atoms with Crippen molar-refractivity contribution in [2.75, 3.05) is 5.32 Å². The normalized spacial score (nSPS) is 10.9. The zero-order chi connectivity index (χ0) is 16.5. The second kappa shape index (κ2) is 6.06. The topological polar surface area (TPSA) is 80.7 Å². The highest BCUT2D eigenvalue weighted by molar-refractivity contribution is 7.22. The van der Waals surface area contributed by atoms with Crippen LogP contribution in [0, 0.1) is 6.92 Å². The molecule has 6 nitrogen and oxygen atoms in total. The van der Waals surface area contributed by atoms with Crippen LogP contribution in [0.15, 0.2) is 42.7 Å². The SMILES string of the molecule is Cc1nc(-c2ncccn2)sc1C(=O)Nc1nc2ccccc2s1. The van der Waals surface area contributed by atoms with Crippen LogP contribution in [0.3, 0.4) is 0 Å². The smallest absolute Gasteiger partial charge is 0.269 e. The standard InChI is InChI=1S/C16H11N5OS2/c1-9-12(24-15(19-9)13-17-7-4-8-18-13)14(22)21-16-20-10-5-2-3-6-11(10)23-16/h2-8H,1H3,(H,20,21,22). The number of fused-ring (bicyclic) bond motifs is 1. The van der Waals surface area contributed by atoms with Gasteiger partial charge in [-0.3, -0.25) is 10.1 Å². The molecule has 0 fully saturated rings. The summed E-state index contributed by atoms with van der Waals surface area (Å²) in [5.74, 6) is 0.302. The van der Waals surface area contributed by atoms with Crippen molar-refractivity contribution in [3.8, 4) is 10.8 Å². The highest BCUT2D eigenvalue weighted by atomic mass is 32.1. The monoisotopic (exact) mass is 353 g/mol. The molecule has 1 amide bonds. The number of aromatic nitrogens is 4. The lowest BCUT2D eigenvalue weighted by atomic mass is 10.3. The first-order chi connectivity index (χ1) is 11.7. The molecule has 0 aliphatic rings. The molecule has 1 N–H and O–H groups in total. The number of nitrogens with zero attached hydrogens (tertiary/aromatic N) is 4. The Morgan fingerprint density at radius 1 is 1.04 bits per heavy atom. The molecule has 0 unspecified atom stereocenters. The fourth-order valence-electron chi connectivity index (χ4n) is 2.19. The first-order valence-corrected chi connectivity index (χ1v) is 8.76. The minimum absolute atomic E-state index is 0.216. The van der Waals surface area contributed by atoms with Crippen molar-refractivity contribution in [3.63, 3.8) is 0 Å². The lowest BCUT2D eigenvalue weighted by Crippen LogP contribution is -2.11. The van der Waals surface area contributed by atoms with E-state index in [4.69, 9.17) is 0 Å². The quantitative estimate of drug-likeness (QED) is 0.606. The van der Waals surface area contributed by atoms with Crippen LogP contribution >= 0.6 is 22.7 Å². The number of para-hydroxylation sites is 1. The number of thiazole rings is 2. The van der Waals surface area contributed by atoms with Gasteiger partial charge in [-0.1, -0.05) is 23.5 Å². The number of rotatable bonds is 3. The zero-order valence-electron chi connectivity index (χ0n) is 12.6. The van der Waals surface area contributed by atoms with E-state index < -0.39 is 0 Å². The molecule has 0 atom stereocenters. The number of hydrogen-bond donors (Lipinski definition) is 1. The first-order valence-electron chi connectivity index (χ1n) is 7.12. The van der Waals surface area contributed by atoms with Crippen molar-refractivity contribution in [1.29, 1.82) is 0 Å². The molecule has 0 saturated heterocycles. The molecule has 1 aromatic carbocycles. The van der Waals surface area contributed by atoms with Crippen molar-refractivity contribution >= 4 is 43.9 Å². The van der Waals surface area contributed by atoms with Gasteiger partial charge in [0.05, 0.1) is 15.9 Å². The van der Waals surface area contributed by atoms with E-state index in [9.17, 15) is 4.79 Å². The number of benzene rings is 1. The van der Waals surface area contributed by atoms with Crippen LogP contribution in [-0.2, 0) is 0 Å². The predicted octanol–water partition coefficient (Wildman–Crippen LogP) is 3.77. The number of carbonyl (C=O) groups is 1. The third-order valence-electron chi connectivity index (χ3n) is 3.27. The minimum Gasteiger partial charge on any atom is -0.297 e. The Balaban J connectivity index is 1.61. The van der Waals surface area contributed by atoms with Crippen LogP contribution in [0.2, 0.25) is 0 Å². The van der Waals surface area contributed by atoms with Crippen LogP contribution in [0.5, 0.6) is 0 Å². The summed E-state index contributed by atoms with van der Waals surface area (Å²) in [6, 6.07) is 9.51. The molecule has 0 aliphatic heterocycles.